The Labute approximate surface area is 138 Å². The van der Waals surface area contributed by atoms with Gasteiger partial charge in [0.1, 0.15) is 18.3 Å². The summed E-state index contributed by atoms with van der Waals surface area (Å²) in [5.74, 6) is -0.473. The number of hydrogen-bond donors (Lipinski definition) is 7. The minimum absolute atomic E-state index is 0.0912. The Kier molecular flexibility index (Phi) is 4.28. The SMILES string of the molecule is Nc1nc2c(nc(N)n2C2OC(COP(=O)(O)O)C(O)C2O)c(=O)[nH]1. The Balaban J connectivity index is 1.97. The topological polar surface area (TPSA) is 232 Å². The smallest absolute Gasteiger partial charge is 0.387 e. The molecule has 4 atom stereocenters. The first-order chi connectivity index (χ1) is 11.6. The van der Waals surface area contributed by atoms with E-state index in [0.29, 0.717) is 0 Å². The normalized spacial score (nSPS) is 27.2. The van der Waals surface area contributed by atoms with Gasteiger partial charge in [-0.1, -0.05) is 0 Å². The second-order valence-electron chi connectivity index (χ2n) is 5.30. The van der Waals surface area contributed by atoms with E-state index in [4.69, 9.17) is 26.0 Å². The number of nitrogen functional groups attached to an aromatic ring is 2. The van der Waals surface area contributed by atoms with E-state index in [-0.39, 0.29) is 23.1 Å². The van der Waals surface area contributed by atoms with Crippen molar-refractivity contribution < 1.29 is 33.8 Å². The Morgan fingerprint density at radius 3 is 2.60 bits per heavy atom. The maximum Gasteiger partial charge on any atom is 0.469 e. The highest BCUT2D eigenvalue weighted by atomic mass is 31.2. The second-order valence-corrected chi connectivity index (χ2v) is 6.54. The van der Waals surface area contributed by atoms with Gasteiger partial charge in [-0.05, 0) is 0 Å². The van der Waals surface area contributed by atoms with Crippen LogP contribution in [0, 0.1) is 0 Å². The van der Waals surface area contributed by atoms with E-state index in [2.05, 4.69) is 19.5 Å². The van der Waals surface area contributed by atoms with Gasteiger partial charge in [-0.25, -0.2) is 9.55 Å². The largest absolute Gasteiger partial charge is 0.469 e. The van der Waals surface area contributed by atoms with Crippen molar-refractivity contribution in [1.29, 1.82) is 0 Å². The summed E-state index contributed by atoms with van der Waals surface area (Å²) in [6.45, 7) is -0.693. The molecule has 4 unspecified atom stereocenters. The first kappa shape index (κ1) is 17.8. The van der Waals surface area contributed by atoms with Gasteiger partial charge < -0.3 is 36.2 Å². The number of fused-ring (bicyclic) bond motifs is 1. The van der Waals surface area contributed by atoms with Gasteiger partial charge in [0.15, 0.2) is 17.4 Å². The Morgan fingerprint density at radius 1 is 1.28 bits per heavy atom. The van der Waals surface area contributed by atoms with Crippen molar-refractivity contribution in [3.8, 4) is 0 Å². The number of phosphoric acid groups is 1. The van der Waals surface area contributed by atoms with Crippen LogP contribution < -0.4 is 17.0 Å². The van der Waals surface area contributed by atoms with Gasteiger partial charge in [-0.15, -0.1) is 0 Å². The van der Waals surface area contributed by atoms with Crippen LogP contribution in [0.15, 0.2) is 4.79 Å². The number of aromatic nitrogens is 4. The van der Waals surface area contributed by atoms with Gasteiger partial charge in [0.05, 0.1) is 6.61 Å². The third-order valence-electron chi connectivity index (χ3n) is 3.59. The summed E-state index contributed by atoms with van der Waals surface area (Å²) < 4.78 is 21.5. The zero-order valence-corrected chi connectivity index (χ0v) is 13.3. The quantitative estimate of drug-likeness (QED) is 0.264. The molecule has 0 bridgehead atoms. The first-order valence-electron chi connectivity index (χ1n) is 6.83. The third-order valence-corrected chi connectivity index (χ3v) is 4.08. The molecule has 0 radical (unpaired) electrons. The molecule has 0 amide bonds. The molecule has 1 fully saturated rings. The zero-order valence-electron chi connectivity index (χ0n) is 12.4. The number of H-pyrrole nitrogens is 1. The molecule has 2 aromatic rings. The lowest BCUT2D eigenvalue weighted by Gasteiger charge is -2.17. The molecule has 1 aliphatic rings. The summed E-state index contributed by atoms with van der Waals surface area (Å²) in [5.41, 5.74) is 10.3. The molecule has 3 rings (SSSR count). The molecule has 0 aliphatic carbocycles. The number of aromatic amines is 1. The van der Waals surface area contributed by atoms with Crippen LogP contribution in [0.25, 0.3) is 11.2 Å². The van der Waals surface area contributed by atoms with Gasteiger partial charge in [-0.3, -0.25) is 18.9 Å². The van der Waals surface area contributed by atoms with E-state index in [9.17, 15) is 19.6 Å². The highest BCUT2D eigenvalue weighted by Gasteiger charge is 2.46. The summed E-state index contributed by atoms with van der Waals surface area (Å²) >= 11 is 0. The van der Waals surface area contributed by atoms with Crippen LogP contribution in [0.4, 0.5) is 11.9 Å². The predicted molar refractivity (Wildman–Crippen MR) is 80.9 cm³/mol. The molecule has 9 N–H and O–H groups in total. The minimum atomic E-state index is -4.80. The van der Waals surface area contributed by atoms with Gasteiger partial charge in [0.2, 0.25) is 11.9 Å². The van der Waals surface area contributed by atoms with Crippen LogP contribution in [-0.2, 0) is 13.8 Å². The number of nitrogens with two attached hydrogens (primary N) is 2. The molecule has 0 aromatic carbocycles. The molecule has 1 saturated heterocycles. The van der Waals surface area contributed by atoms with E-state index in [1.54, 1.807) is 0 Å². The highest BCUT2D eigenvalue weighted by molar-refractivity contribution is 7.46. The fourth-order valence-corrected chi connectivity index (χ4v) is 2.86. The van der Waals surface area contributed by atoms with E-state index in [1.165, 1.54) is 0 Å². The van der Waals surface area contributed by atoms with Gasteiger partial charge >= 0.3 is 7.82 Å². The number of phosphoric ester groups is 1. The lowest BCUT2D eigenvalue weighted by molar-refractivity contribution is -0.0493. The lowest BCUT2D eigenvalue weighted by atomic mass is 10.1. The number of aliphatic hydroxyl groups is 2. The highest BCUT2D eigenvalue weighted by Crippen LogP contribution is 2.39. The van der Waals surface area contributed by atoms with Gasteiger partial charge in [0, 0.05) is 0 Å². The number of imidazole rings is 1. The molecule has 3 heterocycles. The average Bonchev–Trinajstić information content (AvgIpc) is 2.95. The molecule has 0 saturated carbocycles. The van der Waals surface area contributed by atoms with E-state index >= 15 is 0 Å². The van der Waals surface area contributed by atoms with Crippen molar-refractivity contribution in [3.05, 3.63) is 10.4 Å². The number of aliphatic hydroxyl groups excluding tert-OH is 2. The number of rotatable bonds is 4. The number of anilines is 2. The van der Waals surface area contributed by atoms with E-state index in [1.807, 2.05) is 0 Å². The van der Waals surface area contributed by atoms with Crippen LogP contribution >= 0.6 is 7.82 Å². The number of nitrogens with one attached hydrogen (secondary N) is 1. The maximum absolute atomic E-state index is 11.8. The summed E-state index contributed by atoms with van der Waals surface area (Å²) in [4.78, 5) is 39.2. The van der Waals surface area contributed by atoms with Gasteiger partial charge in [-0.2, -0.15) is 4.98 Å². The van der Waals surface area contributed by atoms with E-state index in [0.717, 1.165) is 4.57 Å². The molecule has 2 aromatic heterocycles. The maximum atomic E-state index is 11.8. The number of hydrogen-bond acceptors (Lipinski definition) is 10. The molecule has 25 heavy (non-hydrogen) atoms. The van der Waals surface area contributed by atoms with Crippen molar-refractivity contribution >= 4 is 30.9 Å². The first-order valence-corrected chi connectivity index (χ1v) is 8.36. The van der Waals surface area contributed by atoms with Crippen LogP contribution in [0.3, 0.4) is 0 Å². The van der Waals surface area contributed by atoms with Crippen molar-refractivity contribution in [2.45, 2.75) is 24.5 Å². The van der Waals surface area contributed by atoms with Crippen molar-refractivity contribution in [3.63, 3.8) is 0 Å². The fourth-order valence-electron chi connectivity index (χ4n) is 2.52. The molecular formula is C10H15N6O8P. The number of nitrogens with zero attached hydrogens (tertiary/aromatic N) is 3. The van der Waals surface area contributed by atoms with Crippen molar-refractivity contribution in [1.82, 2.24) is 19.5 Å². The molecule has 0 spiro atoms. The van der Waals surface area contributed by atoms with E-state index < -0.39 is 44.5 Å². The second kappa shape index (κ2) is 6.03. The summed E-state index contributed by atoms with van der Waals surface area (Å²) in [6, 6.07) is 0. The van der Waals surface area contributed by atoms with Crippen LogP contribution in [0.2, 0.25) is 0 Å². The summed E-state index contributed by atoms with van der Waals surface area (Å²) in [5, 5.41) is 20.2. The van der Waals surface area contributed by atoms with Crippen molar-refractivity contribution in [2.24, 2.45) is 0 Å². The fraction of sp³-hybridized carbons (Fsp3) is 0.500. The van der Waals surface area contributed by atoms with Crippen LogP contribution in [0.5, 0.6) is 0 Å². The average molecular weight is 378 g/mol. The third kappa shape index (κ3) is 3.23. The van der Waals surface area contributed by atoms with Gasteiger partial charge in [0.25, 0.3) is 5.56 Å². The Hall–Kier alpha value is -2.06. The predicted octanol–water partition coefficient (Wildman–Crippen LogP) is -2.99. The van der Waals surface area contributed by atoms with Crippen LogP contribution in [0.1, 0.15) is 6.23 Å². The standard InChI is InChI=1S/C10H15N6O8P/c11-9-14-6-3(7(19)15-9)13-10(12)16(6)8-5(18)4(17)2(24-8)1-23-25(20,21)22/h2,4-5,8,17-18H,1H2,(H2,12,13)(H2,20,21,22)(H3,11,14,15,19). The number of ether oxygens (including phenoxy) is 1. The Bertz CT molecular complexity index is 907. The lowest BCUT2D eigenvalue weighted by Crippen LogP contribution is -2.33. The monoisotopic (exact) mass is 378 g/mol. The molecular weight excluding hydrogens is 363 g/mol. The molecule has 14 nitrogen and oxygen atoms in total. The molecule has 1 aliphatic heterocycles. The minimum Gasteiger partial charge on any atom is -0.387 e. The summed E-state index contributed by atoms with van der Waals surface area (Å²) in [7, 11) is -4.80. The molecule has 138 valence electrons. The molecule has 15 heteroatoms. The van der Waals surface area contributed by atoms with Crippen LogP contribution in [-0.4, -0.2) is 64.4 Å². The summed E-state index contributed by atoms with van der Waals surface area (Å²) in [6.07, 6.45) is -5.72. The van der Waals surface area contributed by atoms with Crippen molar-refractivity contribution in [2.75, 3.05) is 18.1 Å². The zero-order chi connectivity index (χ0) is 18.5. The Morgan fingerprint density at radius 2 is 1.96 bits per heavy atom.